The third-order valence-electron chi connectivity index (χ3n) is 5.50. The van der Waals surface area contributed by atoms with E-state index < -0.39 is 36.1 Å². The van der Waals surface area contributed by atoms with Gasteiger partial charge in [0.25, 0.3) is 29.9 Å². The Morgan fingerprint density at radius 2 is 1.55 bits per heavy atom. The van der Waals surface area contributed by atoms with Gasteiger partial charge in [0.05, 0.1) is 5.92 Å². The zero-order chi connectivity index (χ0) is 22.5. The van der Waals surface area contributed by atoms with Crippen LogP contribution in [0.15, 0.2) is 12.2 Å². The van der Waals surface area contributed by atoms with Crippen molar-refractivity contribution in [3.05, 3.63) is 12.2 Å². The molecule has 2 heterocycles. The van der Waals surface area contributed by atoms with Crippen molar-refractivity contribution in [3.63, 3.8) is 0 Å². The summed E-state index contributed by atoms with van der Waals surface area (Å²) in [5.41, 5.74) is 0. The van der Waals surface area contributed by atoms with Crippen LogP contribution < -0.4 is 0 Å². The van der Waals surface area contributed by atoms with Crippen molar-refractivity contribution in [2.75, 3.05) is 6.54 Å². The summed E-state index contributed by atoms with van der Waals surface area (Å²) in [6, 6.07) is 0. The van der Waals surface area contributed by atoms with Gasteiger partial charge in [0.15, 0.2) is 0 Å². The number of rotatable bonds is 7. The summed E-state index contributed by atoms with van der Waals surface area (Å²) in [7, 11) is 0. The Morgan fingerprint density at radius 3 is 2.10 bits per heavy atom. The van der Waals surface area contributed by atoms with Gasteiger partial charge in [-0.2, -0.15) is 0 Å². The van der Waals surface area contributed by atoms with E-state index in [1.807, 2.05) is 0 Å². The van der Waals surface area contributed by atoms with E-state index >= 15 is 0 Å². The standard InChI is InChI=1S/C20H24N2O9/c1-2-18(30-20(28)31-22-16(25)9-10-17(22)26)29-19(27)13-5-3-12(4-6-13)11-21-14(23)7-8-15(21)24/h7-8,12-13,18H,2-6,9-11H2,1H3. The van der Waals surface area contributed by atoms with E-state index in [4.69, 9.17) is 9.47 Å². The molecule has 31 heavy (non-hydrogen) atoms. The highest BCUT2D eigenvalue weighted by Crippen LogP contribution is 2.31. The Morgan fingerprint density at radius 1 is 0.968 bits per heavy atom. The van der Waals surface area contributed by atoms with E-state index in [1.54, 1.807) is 6.92 Å². The minimum atomic E-state index is -1.31. The molecule has 1 atom stereocenters. The highest BCUT2D eigenvalue weighted by atomic mass is 16.9. The second-order valence-electron chi connectivity index (χ2n) is 7.65. The van der Waals surface area contributed by atoms with E-state index in [2.05, 4.69) is 4.84 Å². The van der Waals surface area contributed by atoms with Gasteiger partial charge in [0.1, 0.15) is 0 Å². The molecule has 1 unspecified atom stereocenters. The molecule has 1 saturated heterocycles. The third-order valence-corrected chi connectivity index (χ3v) is 5.50. The van der Waals surface area contributed by atoms with Gasteiger partial charge in [0.2, 0.25) is 0 Å². The van der Waals surface area contributed by atoms with E-state index in [-0.39, 0.29) is 37.0 Å². The van der Waals surface area contributed by atoms with Crippen molar-refractivity contribution in [2.45, 2.75) is 58.2 Å². The van der Waals surface area contributed by atoms with E-state index in [0.29, 0.717) is 37.3 Å². The van der Waals surface area contributed by atoms with Gasteiger partial charge in [-0.25, -0.2) is 4.79 Å². The summed E-state index contributed by atoms with van der Waals surface area (Å²) < 4.78 is 10.2. The molecule has 2 aliphatic heterocycles. The fraction of sp³-hybridized carbons (Fsp3) is 0.600. The molecule has 1 aliphatic carbocycles. The molecule has 3 aliphatic rings. The van der Waals surface area contributed by atoms with Crippen LogP contribution in [0.5, 0.6) is 0 Å². The van der Waals surface area contributed by atoms with Crippen LogP contribution in [0.25, 0.3) is 0 Å². The lowest BCUT2D eigenvalue weighted by atomic mass is 9.82. The van der Waals surface area contributed by atoms with Gasteiger partial charge in [-0.05, 0) is 31.6 Å². The monoisotopic (exact) mass is 436 g/mol. The molecular formula is C20H24N2O9. The first kappa shape index (κ1) is 22.4. The van der Waals surface area contributed by atoms with Crippen molar-refractivity contribution in [1.82, 2.24) is 9.96 Å². The smallest absolute Gasteiger partial charge is 0.425 e. The number of ether oxygens (including phenoxy) is 2. The molecule has 0 aromatic heterocycles. The fourth-order valence-electron chi connectivity index (χ4n) is 3.73. The summed E-state index contributed by atoms with van der Waals surface area (Å²) in [5, 5.41) is 0.351. The third kappa shape index (κ3) is 5.47. The van der Waals surface area contributed by atoms with Gasteiger partial charge in [0, 0.05) is 38.0 Å². The maximum absolute atomic E-state index is 12.5. The van der Waals surface area contributed by atoms with Gasteiger partial charge in [-0.3, -0.25) is 33.7 Å². The molecule has 2 fully saturated rings. The van der Waals surface area contributed by atoms with Crippen molar-refractivity contribution in [2.24, 2.45) is 11.8 Å². The lowest BCUT2D eigenvalue weighted by Crippen LogP contribution is -2.37. The van der Waals surface area contributed by atoms with Gasteiger partial charge in [-0.1, -0.05) is 12.0 Å². The van der Waals surface area contributed by atoms with Crippen molar-refractivity contribution in [3.8, 4) is 0 Å². The van der Waals surface area contributed by atoms with Gasteiger partial charge < -0.3 is 9.47 Å². The molecule has 3 rings (SSSR count). The van der Waals surface area contributed by atoms with E-state index in [1.165, 1.54) is 17.1 Å². The zero-order valence-electron chi connectivity index (χ0n) is 17.1. The predicted octanol–water partition coefficient (Wildman–Crippen LogP) is 1.21. The molecular weight excluding hydrogens is 412 g/mol. The molecule has 0 aromatic carbocycles. The Hall–Kier alpha value is -3.24. The van der Waals surface area contributed by atoms with Crippen LogP contribution in [0.4, 0.5) is 4.79 Å². The van der Waals surface area contributed by atoms with Gasteiger partial charge >= 0.3 is 12.1 Å². The van der Waals surface area contributed by atoms with Crippen LogP contribution in [0.2, 0.25) is 0 Å². The van der Waals surface area contributed by atoms with Crippen LogP contribution >= 0.6 is 0 Å². The lowest BCUT2D eigenvalue weighted by molar-refractivity contribution is -0.196. The molecule has 1 saturated carbocycles. The highest BCUT2D eigenvalue weighted by molar-refractivity contribution is 6.12. The summed E-state index contributed by atoms with van der Waals surface area (Å²) >= 11 is 0. The minimum absolute atomic E-state index is 0.0441. The molecule has 0 N–H and O–H groups in total. The second kappa shape index (κ2) is 9.71. The molecule has 0 radical (unpaired) electrons. The fourth-order valence-corrected chi connectivity index (χ4v) is 3.73. The van der Waals surface area contributed by atoms with Crippen LogP contribution in [0.3, 0.4) is 0 Å². The topological polar surface area (TPSA) is 137 Å². The molecule has 11 heteroatoms. The number of hydroxylamine groups is 2. The summed E-state index contributed by atoms with van der Waals surface area (Å²) in [6.45, 7) is 1.96. The molecule has 0 spiro atoms. The largest absolute Gasteiger partial charge is 0.537 e. The quantitative estimate of drug-likeness (QED) is 0.328. The van der Waals surface area contributed by atoms with E-state index in [0.717, 1.165) is 0 Å². The Kier molecular flexibility index (Phi) is 7.03. The van der Waals surface area contributed by atoms with Crippen molar-refractivity contribution in [1.29, 1.82) is 0 Å². The Labute approximate surface area is 178 Å². The number of carbonyl (C=O) groups excluding carboxylic acids is 6. The summed E-state index contributed by atoms with van der Waals surface area (Å²) in [5.74, 6) is -2.73. The summed E-state index contributed by atoms with van der Waals surface area (Å²) in [6.07, 6.45) is 2.38. The molecule has 0 aromatic rings. The number of hydrogen-bond acceptors (Lipinski definition) is 9. The first-order valence-electron chi connectivity index (χ1n) is 10.3. The SMILES string of the molecule is CCC(OC(=O)ON1C(=O)CCC1=O)OC(=O)C1CCC(CN2C(=O)C=CC2=O)CC1. The normalized spacial score (nSPS) is 24.5. The first-order valence-corrected chi connectivity index (χ1v) is 10.3. The van der Waals surface area contributed by atoms with Crippen LogP contribution in [-0.2, 0) is 38.3 Å². The molecule has 4 amide bonds. The number of amides is 4. The number of hydrogen-bond donors (Lipinski definition) is 0. The zero-order valence-corrected chi connectivity index (χ0v) is 17.1. The minimum Gasteiger partial charge on any atom is -0.425 e. The Balaban J connectivity index is 1.42. The highest BCUT2D eigenvalue weighted by Gasteiger charge is 2.35. The van der Waals surface area contributed by atoms with Crippen LogP contribution in [0, 0.1) is 11.8 Å². The molecule has 0 bridgehead atoms. The average molecular weight is 436 g/mol. The van der Waals surface area contributed by atoms with Crippen LogP contribution in [-0.4, -0.2) is 58.6 Å². The Bertz CT molecular complexity index is 779. The predicted molar refractivity (Wildman–Crippen MR) is 100 cm³/mol. The second-order valence-corrected chi connectivity index (χ2v) is 7.65. The van der Waals surface area contributed by atoms with Crippen molar-refractivity contribution >= 4 is 35.8 Å². The van der Waals surface area contributed by atoms with E-state index in [9.17, 15) is 28.8 Å². The first-order chi connectivity index (χ1) is 14.8. The maximum Gasteiger partial charge on any atom is 0.537 e. The number of nitrogens with zero attached hydrogens (tertiary/aromatic N) is 2. The molecule has 168 valence electrons. The maximum atomic E-state index is 12.5. The number of esters is 1. The van der Waals surface area contributed by atoms with Crippen molar-refractivity contribution < 1.29 is 43.1 Å². The lowest BCUT2D eigenvalue weighted by Gasteiger charge is -2.30. The molecule has 11 nitrogen and oxygen atoms in total. The van der Waals surface area contributed by atoms with Crippen LogP contribution in [0.1, 0.15) is 51.9 Å². The number of imide groups is 2. The van der Waals surface area contributed by atoms with Gasteiger partial charge in [-0.15, -0.1) is 0 Å². The average Bonchev–Trinajstić information content (AvgIpc) is 3.23. The number of carbonyl (C=O) groups is 6. The summed E-state index contributed by atoms with van der Waals surface area (Å²) in [4.78, 5) is 76.4.